The number of piperidine rings is 1. The second-order valence-electron chi connectivity index (χ2n) is 6.40. The summed E-state index contributed by atoms with van der Waals surface area (Å²) in [5.74, 6) is 2.30. The maximum absolute atomic E-state index is 11.9. The molecule has 1 aliphatic heterocycles. The number of ether oxygens (including phenoxy) is 1. The van der Waals surface area contributed by atoms with Gasteiger partial charge in [0.2, 0.25) is 0 Å². The van der Waals surface area contributed by atoms with Crippen LogP contribution in [0.1, 0.15) is 32.5 Å². The predicted octanol–water partition coefficient (Wildman–Crippen LogP) is 0.790. The highest BCUT2D eigenvalue weighted by atomic mass is 16.6. The molecule has 1 saturated heterocycles. The summed E-state index contributed by atoms with van der Waals surface area (Å²) < 4.78 is 7.10. The highest BCUT2D eigenvalue weighted by Crippen LogP contribution is 2.57. The summed E-state index contributed by atoms with van der Waals surface area (Å²) in [5.41, 5.74) is -0.434. The van der Waals surface area contributed by atoms with Crippen molar-refractivity contribution in [2.75, 3.05) is 13.1 Å². The molecule has 0 aromatic carbocycles. The standard InChI is InChI=1S/C12H19N5O2/c1-12(2,3)19-11(18)17-5-7-8(6-17)9(7)10-13-14-15-16(10)4/h7-9H,5-6H2,1-4H3/t7-,8+,9?. The van der Waals surface area contributed by atoms with Crippen molar-refractivity contribution in [1.29, 1.82) is 0 Å². The molecule has 19 heavy (non-hydrogen) atoms. The van der Waals surface area contributed by atoms with Gasteiger partial charge >= 0.3 is 6.09 Å². The first-order valence-electron chi connectivity index (χ1n) is 6.57. The number of tetrazole rings is 1. The number of aryl methyl sites for hydroxylation is 1. The number of rotatable bonds is 1. The maximum atomic E-state index is 11.9. The van der Waals surface area contributed by atoms with E-state index in [1.165, 1.54) is 0 Å². The number of amides is 1. The highest BCUT2D eigenvalue weighted by Gasteiger charge is 2.59. The van der Waals surface area contributed by atoms with Crippen molar-refractivity contribution < 1.29 is 9.53 Å². The Labute approximate surface area is 111 Å². The Hall–Kier alpha value is -1.66. The van der Waals surface area contributed by atoms with Gasteiger partial charge in [-0.3, -0.25) is 0 Å². The molecular formula is C12H19N5O2. The molecule has 0 bridgehead atoms. The largest absolute Gasteiger partial charge is 0.444 e. The van der Waals surface area contributed by atoms with Crippen LogP contribution in [-0.2, 0) is 11.8 Å². The van der Waals surface area contributed by atoms with Crippen molar-refractivity contribution in [3.05, 3.63) is 5.82 Å². The number of carbonyl (C=O) groups excluding carboxylic acids is 1. The Balaban J connectivity index is 1.59. The van der Waals surface area contributed by atoms with Gasteiger partial charge in [-0.1, -0.05) is 0 Å². The normalized spacial score (nSPS) is 29.3. The number of hydrogen-bond donors (Lipinski definition) is 0. The van der Waals surface area contributed by atoms with Gasteiger partial charge in [0.25, 0.3) is 0 Å². The predicted molar refractivity (Wildman–Crippen MR) is 66.3 cm³/mol. The fraction of sp³-hybridized carbons (Fsp3) is 0.833. The summed E-state index contributed by atoms with van der Waals surface area (Å²) in [6, 6.07) is 0. The van der Waals surface area contributed by atoms with Gasteiger partial charge in [-0.15, -0.1) is 5.10 Å². The fourth-order valence-corrected chi connectivity index (χ4v) is 2.90. The highest BCUT2D eigenvalue weighted by molar-refractivity contribution is 5.69. The molecule has 1 aromatic rings. The van der Waals surface area contributed by atoms with Gasteiger partial charge in [0, 0.05) is 26.1 Å². The van der Waals surface area contributed by atoms with Gasteiger partial charge in [-0.05, 0) is 43.0 Å². The van der Waals surface area contributed by atoms with Crippen LogP contribution in [0.5, 0.6) is 0 Å². The smallest absolute Gasteiger partial charge is 0.410 e. The fourth-order valence-electron chi connectivity index (χ4n) is 2.90. The SMILES string of the molecule is Cn1nnnc1C1[C@H]2CN(C(=O)OC(C)(C)C)C[C@@H]12. The molecule has 1 aromatic heterocycles. The van der Waals surface area contributed by atoms with E-state index < -0.39 is 5.60 Å². The van der Waals surface area contributed by atoms with Crippen molar-refractivity contribution >= 4 is 6.09 Å². The lowest BCUT2D eigenvalue weighted by Gasteiger charge is -2.25. The second-order valence-corrected chi connectivity index (χ2v) is 6.40. The molecule has 7 heteroatoms. The van der Waals surface area contributed by atoms with Crippen molar-refractivity contribution in [2.24, 2.45) is 18.9 Å². The first-order chi connectivity index (χ1) is 8.87. The number of aromatic nitrogens is 4. The summed E-state index contributed by atoms with van der Waals surface area (Å²) in [6.07, 6.45) is -0.213. The van der Waals surface area contributed by atoms with Crippen molar-refractivity contribution in [2.45, 2.75) is 32.3 Å². The molecule has 3 atom stereocenters. The lowest BCUT2D eigenvalue weighted by atomic mass is 10.2. The summed E-state index contributed by atoms with van der Waals surface area (Å²) in [7, 11) is 1.86. The van der Waals surface area contributed by atoms with E-state index in [0.29, 0.717) is 17.8 Å². The lowest BCUT2D eigenvalue weighted by molar-refractivity contribution is 0.0270. The van der Waals surface area contributed by atoms with Gasteiger partial charge in [0.1, 0.15) is 5.60 Å². The summed E-state index contributed by atoms with van der Waals surface area (Å²) in [5, 5.41) is 11.6. The third-order valence-electron chi connectivity index (χ3n) is 3.80. The summed E-state index contributed by atoms with van der Waals surface area (Å²) >= 11 is 0. The third-order valence-corrected chi connectivity index (χ3v) is 3.80. The molecule has 1 unspecified atom stereocenters. The van der Waals surface area contributed by atoms with Crippen LogP contribution in [0.15, 0.2) is 0 Å². The Morgan fingerprint density at radius 3 is 2.42 bits per heavy atom. The minimum atomic E-state index is -0.434. The van der Waals surface area contributed by atoms with Gasteiger partial charge < -0.3 is 9.64 Å². The van der Waals surface area contributed by atoms with Crippen molar-refractivity contribution in [3.63, 3.8) is 0 Å². The first-order valence-corrected chi connectivity index (χ1v) is 6.57. The number of nitrogens with zero attached hydrogens (tertiary/aromatic N) is 5. The minimum absolute atomic E-state index is 0.213. The average Bonchev–Trinajstić information content (AvgIpc) is 2.68. The van der Waals surface area contributed by atoms with E-state index in [9.17, 15) is 4.79 Å². The van der Waals surface area contributed by atoms with Crippen LogP contribution in [0, 0.1) is 11.8 Å². The second kappa shape index (κ2) is 3.91. The minimum Gasteiger partial charge on any atom is -0.444 e. The summed E-state index contributed by atoms with van der Waals surface area (Å²) in [6.45, 7) is 7.15. The molecule has 0 spiro atoms. The molecule has 1 aliphatic carbocycles. The van der Waals surface area contributed by atoms with E-state index in [2.05, 4.69) is 15.5 Å². The molecule has 2 aliphatic rings. The van der Waals surface area contributed by atoms with E-state index in [1.54, 1.807) is 9.58 Å². The van der Waals surface area contributed by atoms with Crippen LogP contribution in [0.25, 0.3) is 0 Å². The van der Waals surface area contributed by atoms with Crippen LogP contribution in [0.2, 0.25) is 0 Å². The van der Waals surface area contributed by atoms with Crippen LogP contribution in [0.3, 0.4) is 0 Å². The van der Waals surface area contributed by atoms with E-state index in [0.717, 1.165) is 18.9 Å². The van der Waals surface area contributed by atoms with E-state index in [4.69, 9.17) is 4.74 Å². The Kier molecular flexibility index (Phi) is 2.55. The lowest BCUT2D eigenvalue weighted by Crippen LogP contribution is -2.37. The summed E-state index contributed by atoms with van der Waals surface area (Å²) in [4.78, 5) is 13.7. The van der Waals surface area contributed by atoms with Gasteiger partial charge in [-0.25, -0.2) is 9.48 Å². The van der Waals surface area contributed by atoms with Crippen molar-refractivity contribution in [1.82, 2.24) is 25.1 Å². The Bertz CT molecular complexity index is 494. The molecule has 2 fully saturated rings. The maximum Gasteiger partial charge on any atom is 0.410 e. The van der Waals surface area contributed by atoms with Gasteiger partial charge in [0.05, 0.1) is 0 Å². The molecule has 7 nitrogen and oxygen atoms in total. The molecular weight excluding hydrogens is 246 g/mol. The Morgan fingerprint density at radius 2 is 1.95 bits per heavy atom. The quantitative estimate of drug-likeness (QED) is 0.750. The third kappa shape index (κ3) is 2.17. The molecule has 2 heterocycles. The van der Waals surface area contributed by atoms with Crippen molar-refractivity contribution in [3.8, 4) is 0 Å². The van der Waals surface area contributed by atoms with Crippen LogP contribution in [-0.4, -0.2) is 49.9 Å². The monoisotopic (exact) mass is 265 g/mol. The van der Waals surface area contributed by atoms with Crippen LogP contribution < -0.4 is 0 Å². The van der Waals surface area contributed by atoms with Crippen LogP contribution in [0.4, 0.5) is 4.79 Å². The number of likely N-dealkylation sites (tertiary alicyclic amines) is 1. The van der Waals surface area contributed by atoms with E-state index in [-0.39, 0.29) is 6.09 Å². The Morgan fingerprint density at radius 1 is 1.32 bits per heavy atom. The zero-order valence-electron chi connectivity index (χ0n) is 11.7. The molecule has 1 saturated carbocycles. The molecule has 104 valence electrons. The molecule has 3 rings (SSSR count). The molecule has 0 radical (unpaired) electrons. The van der Waals surface area contributed by atoms with E-state index in [1.807, 2.05) is 27.8 Å². The van der Waals surface area contributed by atoms with Gasteiger partial charge in [0.15, 0.2) is 5.82 Å². The van der Waals surface area contributed by atoms with Gasteiger partial charge in [-0.2, -0.15) is 0 Å². The van der Waals surface area contributed by atoms with Crippen LogP contribution >= 0.6 is 0 Å². The number of fused-ring (bicyclic) bond motifs is 1. The molecule has 0 N–H and O–H groups in total. The molecule has 1 amide bonds. The average molecular weight is 265 g/mol. The first kappa shape index (κ1) is 12.4. The topological polar surface area (TPSA) is 73.1 Å². The zero-order chi connectivity index (χ0) is 13.8. The number of hydrogen-bond acceptors (Lipinski definition) is 5. The number of carbonyl (C=O) groups is 1. The zero-order valence-corrected chi connectivity index (χ0v) is 11.7. The van der Waals surface area contributed by atoms with E-state index >= 15 is 0 Å².